The summed E-state index contributed by atoms with van der Waals surface area (Å²) in [4.78, 5) is 24.5. The van der Waals surface area contributed by atoms with Gasteiger partial charge in [-0.2, -0.15) is 5.26 Å². The predicted molar refractivity (Wildman–Crippen MR) is 122 cm³/mol. The van der Waals surface area contributed by atoms with Crippen molar-refractivity contribution in [2.45, 2.75) is 20.0 Å². The first-order valence-electron chi connectivity index (χ1n) is 9.95. The summed E-state index contributed by atoms with van der Waals surface area (Å²) in [6, 6.07) is 13.3. The van der Waals surface area contributed by atoms with E-state index in [0.29, 0.717) is 30.3 Å². The summed E-state index contributed by atoms with van der Waals surface area (Å²) in [6.07, 6.45) is -0.238. The molecular weight excluding hydrogens is 410 g/mol. The van der Waals surface area contributed by atoms with E-state index in [-0.39, 0.29) is 12.2 Å². The lowest BCUT2D eigenvalue weighted by Gasteiger charge is -2.31. The van der Waals surface area contributed by atoms with Gasteiger partial charge >= 0.3 is 6.03 Å². The van der Waals surface area contributed by atoms with E-state index < -0.39 is 0 Å². The molecule has 8 nitrogen and oxygen atoms in total. The molecule has 0 radical (unpaired) electrons. The van der Waals surface area contributed by atoms with E-state index in [1.807, 2.05) is 38.1 Å². The number of hydrogen-bond acceptors (Lipinski definition) is 7. The van der Waals surface area contributed by atoms with Crippen molar-refractivity contribution in [2.24, 2.45) is 5.73 Å². The summed E-state index contributed by atoms with van der Waals surface area (Å²) in [7, 11) is 0. The van der Waals surface area contributed by atoms with Crippen molar-refractivity contribution in [3.63, 3.8) is 0 Å². The number of carbonyl (C=O) groups is 1. The minimum atomic E-state index is -0.238. The highest BCUT2D eigenvalue weighted by molar-refractivity contribution is 7.19. The number of urea groups is 1. The van der Waals surface area contributed by atoms with Crippen molar-refractivity contribution >= 4 is 22.5 Å². The number of carbonyl (C=O) groups excluding carboxylic acids is 1. The molecule has 1 aliphatic rings. The second kappa shape index (κ2) is 8.81. The molecule has 31 heavy (non-hydrogen) atoms. The van der Waals surface area contributed by atoms with E-state index in [9.17, 15) is 10.1 Å². The number of rotatable bonds is 3. The Morgan fingerprint density at radius 1 is 1.26 bits per heavy atom. The Balaban J connectivity index is 1.73. The molecule has 0 unspecified atom stereocenters. The van der Waals surface area contributed by atoms with Crippen LogP contribution in [-0.2, 0) is 0 Å². The molecule has 3 heterocycles. The number of nitrogens with one attached hydrogen (secondary N) is 2. The maximum absolute atomic E-state index is 12.8. The maximum Gasteiger partial charge on any atom is 0.323 e. The standard InChI is InChI=1S/C22H23N7OS/c1-13-8-17(9-14(2)26-13)20-19(16-5-3-4-15(10-16)11-23)27-21(31-20)28-22(30)29-7-6-25-18(24)12-29/h3-5,8-10,18,25H,6-7,12,24H2,1-2H3,(H,27,28,30)/t18-/m1/s1. The molecule has 4 rings (SSSR count). The molecule has 4 N–H and O–H groups in total. The minimum Gasteiger partial charge on any atom is -0.320 e. The SMILES string of the molecule is Cc1cc(-c2sc(NC(=O)N3CCN[C@@H](N)C3)nc2-c2cccc(C#N)c2)cc(C)n1. The second-order valence-corrected chi connectivity index (χ2v) is 8.46. The van der Waals surface area contributed by atoms with E-state index in [4.69, 9.17) is 10.7 Å². The number of aromatic nitrogens is 2. The number of hydrogen-bond donors (Lipinski definition) is 3. The second-order valence-electron chi connectivity index (χ2n) is 7.46. The summed E-state index contributed by atoms with van der Waals surface area (Å²) in [5.74, 6) is 0. The van der Waals surface area contributed by atoms with Gasteiger partial charge in [-0.1, -0.05) is 23.5 Å². The van der Waals surface area contributed by atoms with E-state index in [2.05, 4.69) is 21.7 Å². The lowest BCUT2D eigenvalue weighted by molar-refractivity contribution is 0.190. The fourth-order valence-electron chi connectivity index (χ4n) is 3.60. The normalized spacial score (nSPS) is 16.1. The number of aryl methyl sites for hydroxylation is 2. The number of nitrogens with two attached hydrogens (primary N) is 1. The van der Waals surface area contributed by atoms with E-state index in [1.54, 1.807) is 17.0 Å². The molecule has 1 fully saturated rings. The van der Waals surface area contributed by atoms with Gasteiger partial charge in [0.2, 0.25) is 0 Å². The van der Waals surface area contributed by atoms with Gasteiger partial charge in [-0.05, 0) is 43.7 Å². The Bertz CT molecular complexity index is 1150. The third-order valence-corrected chi connectivity index (χ3v) is 5.96. The molecule has 2 amide bonds. The summed E-state index contributed by atoms with van der Waals surface area (Å²) in [6.45, 7) is 5.56. The molecule has 1 aliphatic heterocycles. The van der Waals surface area contributed by atoms with Gasteiger partial charge in [0.05, 0.1) is 34.9 Å². The van der Waals surface area contributed by atoms with Crippen molar-refractivity contribution < 1.29 is 4.79 Å². The zero-order valence-electron chi connectivity index (χ0n) is 17.3. The van der Waals surface area contributed by atoms with E-state index in [1.165, 1.54) is 11.3 Å². The average Bonchev–Trinajstić information content (AvgIpc) is 3.17. The third kappa shape index (κ3) is 4.72. The van der Waals surface area contributed by atoms with Gasteiger partial charge in [-0.25, -0.2) is 9.78 Å². The maximum atomic E-state index is 12.8. The van der Waals surface area contributed by atoms with Crippen LogP contribution in [0.2, 0.25) is 0 Å². The number of nitrogens with zero attached hydrogens (tertiary/aromatic N) is 4. The Morgan fingerprint density at radius 3 is 2.74 bits per heavy atom. The van der Waals surface area contributed by atoms with Crippen molar-refractivity contribution in [1.29, 1.82) is 5.26 Å². The Kier molecular flexibility index (Phi) is 5.95. The smallest absolute Gasteiger partial charge is 0.320 e. The van der Waals surface area contributed by atoms with Gasteiger partial charge < -0.3 is 10.6 Å². The lowest BCUT2D eigenvalue weighted by atomic mass is 10.0. The van der Waals surface area contributed by atoms with Crippen LogP contribution in [0, 0.1) is 25.2 Å². The van der Waals surface area contributed by atoms with Gasteiger partial charge in [-0.3, -0.25) is 15.6 Å². The van der Waals surface area contributed by atoms with Crippen LogP contribution < -0.4 is 16.4 Å². The third-order valence-electron chi connectivity index (χ3n) is 4.94. The van der Waals surface area contributed by atoms with Crippen LogP contribution in [-0.4, -0.2) is 46.7 Å². The molecule has 1 atom stereocenters. The molecule has 0 aliphatic carbocycles. The minimum absolute atomic E-state index is 0.225. The molecule has 1 saturated heterocycles. The van der Waals surface area contributed by atoms with Gasteiger partial charge in [0.15, 0.2) is 5.13 Å². The van der Waals surface area contributed by atoms with Crippen LogP contribution in [0.4, 0.5) is 9.93 Å². The van der Waals surface area contributed by atoms with Crippen LogP contribution >= 0.6 is 11.3 Å². The van der Waals surface area contributed by atoms with E-state index >= 15 is 0 Å². The van der Waals surface area contributed by atoms with Crippen molar-refractivity contribution in [3.05, 3.63) is 53.3 Å². The number of piperazine rings is 1. The molecule has 0 spiro atoms. The molecule has 0 saturated carbocycles. The summed E-state index contributed by atoms with van der Waals surface area (Å²) < 4.78 is 0. The van der Waals surface area contributed by atoms with Crippen LogP contribution in [0.3, 0.4) is 0 Å². The number of benzene rings is 1. The fraction of sp³-hybridized carbons (Fsp3) is 0.273. The average molecular weight is 434 g/mol. The number of amides is 2. The summed E-state index contributed by atoms with van der Waals surface area (Å²) in [5, 5.41) is 15.8. The highest BCUT2D eigenvalue weighted by Crippen LogP contribution is 2.39. The molecular formula is C22H23N7OS. The molecule has 9 heteroatoms. The van der Waals surface area contributed by atoms with Gasteiger partial charge in [0.25, 0.3) is 0 Å². The summed E-state index contributed by atoms with van der Waals surface area (Å²) >= 11 is 1.40. The quantitative estimate of drug-likeness (QED) is 0.584. The lowest BCUT2D eigenvalue weighted by Crippen LogP contribution is -2.57. The largest absolute Gasteiger partial charge is 0.323 e. The Morgan fingerprint density at radius 2 is 2.03 bits per heavy atom. The molecule has 3 aromatic rings. The highest BCUT2D eigenvalue weighted by atomic mass is 32.1. The highest BCUT2D eigenvalue weighted by Gasteiger charge is 2.23. The Labute approximate surface area is 184 Å². The van der Waals surface area contributed by atoms with Gasteiger partial charge in [-0.15, -0.1) is 0 Å². The van der Waals surface area contributed by atoms with Gasteiger partial charge in [0.1, 0.15) is 0 Å². The van der Waals surface area contributed by atoms with Crippen molar-refractivity contribution in [3.8, 4) is 27.8 Å². The first-order valence-corrected chi connectivity index (χ1v) is 10.8. The first kappa shape index (κ1) is 20.9. The van der Waals surface area contributed by atoms with Crippen LogP contribution in [0.25, 0.3) is 21.7 Å². The molecule has 0 bridgehead atoms. The number of thiazole rings is 1. The number of pyridine rings is 1. The van der Waals surface area contributed by atoms with E-state index in [0.717, 1.165) is 33.1 Å². The van der Waals surface area contributed by atoms with Crippen LogP contribution in [0.1, 0.15) is 17.0 Å². The fourth-order valence-corrected chi connectivity index (χ4v) is 4.56. The van der Waals surface area contributed by atoms with Crippen molar-refractivity contribution in [2.75, 3.05) is 25.0 Å². The van der Waals surface area contributed by atoms with Crippen molar-refractivity contribution in [1.82, 2.24) is 20.2 Å². The summed E-state index contributed by atoms with van der Waals surface area (Å²) in [5.41, 5.74) is 10.8. The molecule has 1 aromatic carbocycles. The van der Waals surface area contributed by atoms with Crippen LogP contribution in [0.15, 0.2) is 36.4 Å². The number of anilines is 1. The number of nitriles is 1. The van der Waals surface area contributed by atoms with Crippen LogP contribution in [0.5, 0.6) is 0 Å². The zero-order valence-corrected chi connectivity index (χ0v) is 18.2. The monoisotopic (exact) mass is 433 g/mol. The Hall–Kier alpha value is -3.32. The zero-order chi connectivity index (χ0) is 22.0. The van der Waals surface area contributed by atoms with Gasteiger partial charge in [0, 0.05) is 30.0 Å². The predicted octanol–water partition coefficient (Wildman–Crippen LogP) is 3.08. The topological polar surface area (TPSA) is 120 Å². The first-order chi connectivity index (χ1) is 14.9. The molecule has 2 aromatic heterocycles. The molecule has 158 valence electrons.